The van der Waals surface area contributed by atoms with Crippen molar-refractivity contribution in [2.24, 2.45) is 0 Å². The van der Waals surface area contributed by atoms with Gasteiger partial charge in [0.15, 0.2) is 0 Å². The molecule has 1 amide bonds. The Labute approximate surface area is 114 Å². The van der Waals surface area contributed by atoms with Crippen molar-refractivity contribution in [1.82, 2.24) is 9.97 Å². The Balaban J connectivity index is 2.28. The van der Waals surface area contributed by atoms with Gasteiger partial charge in [0.2, 0.25) is 5.95 Å². The van der Waals surface area contributed by atoms with Gasteiger partial charge in [0.05, 0.1) is 0 Å². The lowest BCUT2D eigenvalue weighted by Gasteiger charge is -2.07. The first-order valence-corrected chi connectivity index (χ1v) is 5.92. The van der Waals surface area contributed by atoms with Gasteiger partial charge in [-0.25, -0.2) is 14.4 Å². The molecular formula is C13H11ClFN3O. The van der Waals surface area contributed by atoms with E-state index in [4.69, 9.17) is 11.6 Å². The molecule has 0 fully saturated rings. The fourth-order valence-corrected chi connectivity index (χ4v) is 1.83. The van der Waals surface area contributed by atoms with Crippen LogP contribution in [-0.2, 0) is 0 Å². The highest BCUT2D eigenvalue weighted by Crippen LogP contribution is 2.14. The van der Waals surface area contributed by atoms with E-state index >= 15 is 0 Å². The van der Waals surface area contributed by atoms with Gasteiger partial charge >= 0.3 is 0 Å². The van der Waals surface area contributed by atoms with Gasteiger partial charge in [-0.3, -0.25) is 10.1 Å². The molecule has 0 aliphatic carbocycles. The number of nitrogens with one attached hydrogen (secondary N) is 1. The quantitative estimate of drug-likeness (QED) is 0.859. The molecule has 0 saturated carbocycles. The summed E-state index contributed by atoms with van der Waals surface area (Å²) < 4.78 is 13.1. The number of carbonyl (C=O) groups is 1. The number of nitrogens with zero attached hydrogens (tertiary/aromatic N) is 2. The van der Waals surface area contributed by atoms with Crippen molar-refractivity contribution in [3.8, 4) is 0 Å². The van der Waals surface area contributed by atoms with Crippen LogP contribution in [0.15, 0.2) is 24.3 Å². The van der Waals surface area contributed by atoms with Gasteiger partial charge in [-0.15, -0.1) is 0 Å². The normalized spacial score (nSPS) is 10.3. The van der Waals surface area contributed by atoms with E-state index in [1.165, 1.54) is 18.2 Å². The fraction of sp³-hybridized carbons (Fsp3) is 0.154. The molecule has 0 saturated heterocycles. The summed E-state index contributed by atoms with van der Waals surface area (Å²) in [5.74, 6) is -0.851. The summed E-state index contributed by atoms with van der Waals surface area (Å²) in [5, 5.41) is 2.73. The Bertz CT molecular complexity index is 626. The van der Waals surface area contributed by atoms with Gasteiger partial charge in [0.25, 0.3) is 5.91 Å². The van der Waals surface area contributed by atoms with Crippen LogP contribution in [0.25, 0.3) is 0 Å². The molecular weight excluding hydrogens is 269 g/mol. The molecule has 4 nitrogen and oxygen atoms in total. The maximum Gasteiger partial charge on any atom is 0.258 e. The first kappa shape index (κ1) is 13.4. The number of carbonyl (C=O) groups excluding carboxylic acids is 1. The van der Waals surface area contributed by atoms with E-state index in [0.29, 0.717) is 11.3 Å². The van der Waals surface area contributed by atoms with E-state index in [-0.39, 0.29) is 16.7 Å². The van der Waals surface area contributed by atoms with Crippen LogP contribution in [0.5, 0.6) is 0 Å². The molecule has 0 atom stereocenters. The molecule has 0 bridgehead atoms. The Hall–Kier alpha value is -2.01. The minimum Gasteiger partial charge on any atom is -0.290 e. The standard InChI is InChI=1S/C13H11ClFN3O/c1-7-3-4-9(15)6-10(7)12(19)18-13-16-8(2)5-11(14)17-13/h3-6H,1-2H3,(H,16,17,18,19). The van der Waals surface area contributed by atoms with Crippen LogP contribution in [-0.4, -0.2) is 15.9 Å². The zero-order valence-corrected chi connectivity index (χ0v) is 11.1. The fourth-order valence-electron chi connectivity index (χ4n) is 1.59. The number of hydrogen-bond acceptors (Lipinski definition) is 3. The van der Waals surface area contributed by atoms with Crippen LogP contribution in [0.4, 0.5) is 10.3 Å². The van der Waals surface area contributed by atoms with Crippen LogP contribution in [0.1, 0.15) is 21.6 Å². The van der Waals surface area contributed by atoms with E-state index in [0.717, 1.165) is 0 Å². The maximum atomic E-state index is 13.1. The summed E-state index contributed by atoms with van der Waals surface area (Å²) in [4.78, 5) is 19.9. The predicted octanol–water partition coefficient (Wildman–Crippen LogP) is 3.14. The molecule has 0 unspecified atom stereocenters. The van der Waals surface area contributed by atoms with Crippen molar-refractivity contribution in [1.29, 1.82) is 0 Å². The highest BCUT2D eigenvalue weighted by molar-refractivity contribution is 6.29. The minimum absolute atomic E-state index is 0.0960. The van der Waals surface area contributed by atoms with E-state index in [1.807, 2.05) is 0 Å². The summed E-state index contributed by atoms with van der Waals surface area (Å²) >= 11 is 5.77. The Morgan fingerprint density at radius 2 is 2.00 bits per heavy atom. The topological polar surface area (TPSA) is 54.9 Å². The van der Waals surface area contributed by atoms with Crippen molar-refractivity contribution >= 4 is 23.5 Å². The van der Waals surface area contributed by atoms with E-state index in [2.05, 4.69) is 15.3 Å². The zero-order valence-electron chi connectivity index (χ0n) is 10.4. The van der Waals surface area contributed by atoms with Crippen LogP contribution in [0.3, 0.4) is 0 Å². The number of hydrogen-bond donors (Lipinski definition) is 1. The van der Waals surface area contributed by atoms with Crippen molar-refractivity contribution in [2.45, 2.75) is 13.8 Å². The molecule has 6 heteroatoms. The lowest BCUT2D eigenvalue weighted by Crippen LogP contribution is -2.16. The van der Waals surface area contributed by atoms with E-state index < -0.39 is 11.7 Å². The van der Waals surface area contributed by atoms with Crippen molar-refractivity contribution in [2.75, 3.05) is 5.32 Å². The Morgan fingerprint density at radius 1 is 1.26 bits per heavy atom. The Kier molecular flexibility index (Phi) is 3.76. The summed E-state index contributed by atoms with van der Waals surface area (Å²) in [6, 6.07) is 5.58. The number of benzene rings is 1. The second-order valence-corrected chi connectivity index (χ2v) is 4.46. The van der Waals surface area contributed by atoms with Crippen LogP contribution in [0.2, 0.25) is 5.15 Å². The molecule has 1 heterocycles. The van der Waals surface area contributed by atoms with Gasteiger partial charge in [-0.1, -0.05) is 17.7 Å². The lowest BCUT2D eigenvalue weighted by molar-refractivity contribution is 0.102. The second kappa shape index (κ2) is 5.32. The van der Waals surface area contributed by atoms with Gasteiger partial charge < -0.3 is 0 Å². The first-order chi connectivity index (χ1) is 8.95. The highest BCUT2D eigenvalue weighted by Gasteiger charge is 2.12. The average molecular weight is 280 g/mol. The minimum atomic E-state index is -0.473. The summed E-state index contributed by atoms with van der Waals surface area (Å²) in [7, 11) is 0. The first-order valence-electron chi connectivity index (χ1n) is 5.54. The molecule has 1 aromatic heterocycles. The maximum absolute atomic E-state index is 13.1. The molecule has 1 aromatic carbocycles. The molecule has 2 rings (SSSR count). The number of anilines is 1. The average Bonchev–Trinajstić information content (AvgIpc) is 2.30. The Morgan fingerprint density at radius 3 is 2.68 bits per heavy atom. The van der Waals surface area contributed by atoms with Gasteiger partial charge in [-0.05, 0) is 37.6 Å². The monoisotopic (exact) mass is 279 g/mol. The lowest BCUT2D eigenvalue weighted by atomic mass is 10.1. The third-order valence-corrected chi connectivity index (χ3v) is 2.69. The number of rotatable bonds is 2. The molecule has 0 aliphatic rings. The number of amides is 1. The van der Waals surface area contributed by atoms with E-state index in [1.54, 1.807) is 19.9 Å². The molecule has 19 heavy (non-hydrogen) atoms. The van der Waals surface area contributed by atoms with Gasteiger partial charge in [0, 0.05) is 11.3 Å². The highest BCUT2D eigenvalue weighted by atomic mass is 35.5. The molecule has 0 spiro atoms. The second-order valence-electron chi connectivity index (χ2n) is 4.07. The summed E-state index contributed by atoms with van der Waals surface area (Å²) in [6.07, 6.45) is 0. The summed E-state index contributed by atoms with van der Waals surface area (Å²) in [6.45, 7) is 3.45. The van der Waals surface area contributed by atoms with Crippen molar-refractivity contribution in [3.63, 3.8) is 0 Å². The van der Waals surface area contributed by atoms with Gasteiger partial charge in [0.1, 0.15) is 11.0 Å². The molecule has 2 aromatic rings. The van der Waals surface area contributed by atoms with Gasteiger partial charge in [-0.2, -0.15) is 0 Å². The van der Waals surface area contributed by atoms with E-state index in [9.17, 15) is 9.18 Å². The third-order valence-electron chi connectivity index (χ3n) is 2.49. The number of aryl methyl sites for hydroxylation is 2. The molecule has 0 aliphatic heterocycles. The van der Waals surface area contributed by atoms with Crippen LogP contribution in [0, 0.1) is 19.7 Å². The van der Waals surface area contributed by atoms with Crippen LogP contribution < -0.4 is 5.32 Å². The SMILES string of the molecule is Cc1cc(Cl)nc(NC(=O)c2cc(F)ccc2C)n1. The third kappa shape index (κ3) is 3.26. The van der Waals surface area contributed by atoms with Crippen molar-refractivity contribution < 1.29 is 9.18 Å². The smallest absolute Gasteiger partial charge is 0.258 e. The van der Waals surface area contributed by atoms with Crippen LogP contribution >= 0.6 is 11.6 Å². The molecule has 98 valence electrons. The number of aromatic nitrogens is 2. The molecule has 1 N–H and O–H groups in total. The zero-order chi connectivity index (χ0) is 14.0. The molecule has 0 radical (unpaired) electrons. The largest absolute Gasteiger partial charge is 0.290 e. The summed E-state index contributed by atoms with van der Waals surface area (Å²) in [5.41, 5.74) is 1.53. The predicted molar refractivity (Wildman–Crippen MR) is 70.9 cm³/mol. The van der Waals surface area contributed by atoms with Crippen molar-refractivity contribution in [3.05, 3.63) is 52.1 Å². The number of halogens is 2.